The monoisotopic (exact) mass is 353 g/mol. The molecule has 0 bridgehead atoms. The molecule has 24 heavy (non-hydrogen) atoms. The Morgan fingerprint density at radius 1 is 1.29 bits per heavy atom. The van der Waals surface area contributed by atoms with Crippen LogP contribution in [0.2, 0.25) is 5.02 Å². The summed E-state index contributed by atoms with van der Waals surface area (Å²) in [5.41, 5.74) is 0.172. The van der Waals surface area contributed by atoms with Crippen LogP contribution in [0.3, 0.4) is 0 Å². The summed E-state index contributed by atoms with van der Waals surface area (Å²) in [6.07, 6.45) is 3.65. The Morgan fingerprint density at radius 2 is 2.08 bits per heavy atom. The molecule has 0 spiro atoms. The zero-order chi connectivity index (χ0) is 16.9. The topological polar surface area (TPSA) is 59.0 Å². The highest BCUT2D eigenvalue weighted by Gasteiger charge is 2.30. The second-order valence-electron chi connectivity index (χ2n) is 6.60. The number of carboxylic acids is 1. The number of rotatable bonds is 6. The average Bonchev–Trinajstić information content (AvgIpc) is 3.06. The van der Waals surface area contributed by atoms with E-state index in [1.807, 2.05) is 0 Å². The molecule has 1 aromatic rings. The number of carboxylic acid groups (broad SMARTS) is 1. The summed E-state index contributed by atoms with van der Waals surface area (Å²) >= 11 is 6.08. The molecule has 0 amide bonds. The number of benzene rings is 1. The van der Waals surface area contributed by atoms with Gasteiger partial charge in [-0.25, -0.2) is 4.79 Å². The number of likely N-dealkylation sites (tertiary alicyclic amines) is 1. The molecule has 0 aliphatic carbocycles. The number of halogens is 1. The number of nitrogens with zero attached hydrogens (tertiary/aromatic N) is 1. The molecule has 1 unspecified atom stereocenters. The molecule has 2 heterocycles. The molecular formula is C18H24ClNO4. The van der Waals surface area contributed by atoms with Crippen molar-refractivity contribution in [3.63, 3.8) is 0 Å². The van der Waals surface area contributed by atoms with Crippen LogP contribution in [-0.4, -0.2) is 55.4 Å². The lowest BCUT2D eigenvalue weighted by molar-refractivity contribution is 0.0476. The van der Waals surface area contributed by atoms with E-state index in [0.29, 0.717) is 17.4 Å². The van der Waals surface area contributed by atoms with Crippen LogP contribution in [0.15, 0.2) is 18.2 Å². The van der Waals surface area contributed by atoms with E-state index >= 15 is 0 Å². The van der Waals surface area contributed by atoms with Crippen LogP contribution in [0.4, 0.5) is 0 Å². The predicted octanol–water partition coefficient (Wildman–Crippen LogP) is 3.17. The third-order valence-electron chi connectivity index (χ3n) is 5.09. The van der Waals surface area contributed by atoms with Crippen molar-refractivity contribution in [1.82, 2.24) is 4.90 Å². The van der Waals surface area contributed by atoms with Gasteiger partial charge in [0.25, 0.3) is 0 Å². The quantitative estimate of drug-likeness (QED) is 0.851. The number of hydrogen-bond donors (Lipinski definition) is 1. The van der Waals surface area contributed by atoms with E-state index in [1.54, 1.807) is 6.07 Å². The molecule has 1 atom stereocenters. The summed E-state index contributed by atoms with van der Waals surface area (Å²) in [4.78, 5) is 13.3. The summed E-state index contributed by atoms with van der Waals surface area (Å²) in [6, 6.07) is 4.57. The molecule has 2 aliphatic heterocycles. The second-order valence-corrected chi connectivity index (χ2v) is 7.01. The van der Waals surface area contributed by atoms with Crippen molar-refractivity contribution in [1.29, 1.82) is 0 Å². The van der Waals surface area contributed by atoms with Crippen LogP contribution in [-0.2, 0) is 4.74 Å². The lowest BCUT2D eigenvalue weighted by Crippen LogP contribution is -2.29. The maximum atomic E-state index is 10.9. The third-order valence-corrected chi connectivity index (χ3v) is 5.38. The highest BCUT2D eigenvalue weighted by molar-refractivity contribution is 6.32. The molecule has 6 heteroatoms. The molecule has 0 radical (unpaired) electrons. The predicted molar refractivity (Wildman–Crippen MR) is 92.0 cm³/mol. The zero-order valence-corrected chi connectivity index (χ0v) is 14.5. The fraction of sp³-hybridized carbons (Fsp3) is 0.611. The van der Waals surface area contributed by atoms with E-state index in [1.165, 1.54) is 31.4 Å². The minimum Gasteiger partial charge on any atom is -0.491 e. The van der Waals surface area contributed by atoms with Crippen molar-refractivity contribution in [2.75, 3.05) is 39.5 Å². The Kier molecular flexibility index (Phi) is 5.98. The van der Waals surface area contributed by atoms with Crippen LogP contribution >= 0.6 is 11.6 Å². The van der Waals surface area contributed by atoms with E-state index in [0.717, 1.165) is 44.7 Å². The van der Waals surface area contributed by atoms with Gasteiger partial charge in [0.2, 0.25) is 0 Å². The first-order chi connectivity index (χ1) is 11.6. The normalized spacial score (nSPS) is 22.6. The smallest absolute Gasteiger partial charge is 0.335 e. The Bertz CT molecular complexity index is 574. The van der Waals surface area contributed by atoms with Crippen molar-refractivity contribution in [3.05, 3.63) is 28.8 Å². The molecule has 2 fully saturated rings. The maximum Gasteiger partial charge on any atom is 0.335 e. The van der Waals surface area contributed by atoms with Gasteiger partial charge in [0.1, 0.15) is 12.4 Å². The molecule has 1 N–H and O–H groups in total. The van der Waals surface area contributed by atoms with Gasteiger partial charge in [-0.2, -0.15) is 0 Å². The summed E-state index contributed by atoms with van der Waals surface area (Å²) in [5, 5.41) is 9.28. The number of hydrogen-bond acceptors (Lipinski definition) is 4. The largest absolute Gasteiger partial charge is 0.491 e. The van der Waals surface area contributed by atoms with Crippen LogP contribution in [0.1, 0.15) is 29.6 Å². The molecule has 0 aromatic heterocycles. The molecular weight excluding hydrogens is 330 g/mol. The van der Waals surface area contributed by atoms with E-state index in [9.17, 15) is 4.79 Å². The lowest BCUT2D eigenvalue weighted by Gasteiger charge is -2.27. The molecule has 0 saturated carbocycles. The van der Waals surface area contributed by atoms with Crippen LogP contribution in [0, 0.1) is 11.8 Å². The van der Waals surface area contributed by atoms with Gasteiger partial charge in [0.05, 0.1) is 10.6 Å². The van der Waals surface area contributed by atoms with Gasteiger partial charge in [-0.05, 0) is 55.8 Å². The van der Waals surface area contributed by atoms with Gasteiger partial charge >= 0.3 is 5.97 Å². The Morgan fingerprint density at radius 3 is 2.79 bits per heavy atom. The van der Waals surface area contributed by atoms with Gasteiger partial charge in [-0.3, -0.25) is 4.90 Å². The minimum atomic E-state index is -0.986. The first-order valence-electron chi connectivity index (χ1n) is 8.59. The van der Waals surface area contributed by atoms with E-state index in [4.69, 9.17) is 26.2 Å². The molecule has 132 valence electrons. The Hall–Kier alpha value is -1.30. The number of aromatic carboxylic acids is 1. The molecule has 1 aromatic carbocycles. The number of ether oxygens (including phenoxy) is 2. The van der Waals surface area contributed by atoms with Gasteiger partial charge in [-0.15, -0.1) is 0 Å². The van der Waals surface area contributed by atoms with Gasteiger partial charge in [-0.1, -0.05) is 11.6 Å². The average molecular weight is 354 g/mol. The minimum absolute atomic E-state index is 0.172. The van der Waals surface area contributed by atoms with Crippen molar-refractivity contribution < 1.29 is 19.4 Å². The summed E-state index contributed by atoms with van der Waals surface area (Å²) < 4.78 is 11.2. The number of carbonyl (C=O) groups is 1. The van der Waals surface area contributed by atoms with Crippen molar-refractivity contribution >= 4 is 17.6 Å². The van der Waals surface area contributed by atoms with E-state index in [-0.39, 0.29) is 5.56 Å². The van der Waals surface area contributed by atoms with Crippen LogP contribution in [0.5, 0.6) is 5.75 Å². The Balaban J connectivity index is 1.43. The summed E-state index contributed by atoms with van der Waals surface area (Å²) in [7, 11) is 0. The fourth-order valence-electron chi connectivity index (χ4n) is 3.67. The van der Waals surface area contributed by atoms with Crippen molar-refractivity contribution in [3.8, 4) is 5.75 Å². The fourth-order valence-corrected chi connectivity index (χ4v) is 3.91. The van der Waals surface area contributed by atoms with E-state index in [2.05, 4.69) is 4.90 Å². The van der Waals surface area contributed by atoms with Gasteiger partial charge in [0.15, 0.2) is 0 Å². The SMILES string of the molecule is O=C(O)c1ccc(OCCN2CCC(C3CCOCC3)C2)c(Cl)c1. The summed E-state index contributed by atoms with van der Waals surface area (Å²) in [6.45, 7) is 5.52. The molecule has 2 saturated heterocycles. The van der Waals surface area contributed by atoms with Gasteiger partial charge < -0.3 is 14.6 Å². The second kappa shape index (κ2) is 8.19. The molecule has 3 rings (SSSR count). The first-order valence-corrected chi connectivity index (χ1v) is 8.97. The zero-order valence-electron chi connectivity index (χ0n) is 13.7. The molecule has 5 nitrogen and oxygen atoms in total. The van der Waals surface area contributed by atoms with Gasteiger partial charge in [0, 0.05) is 26.3 Å². The standard InChI is InChI=1S/C18H24ClNO4/c19-16-11-14(18(21)22)1-2-17(16)24-10-7-20-6-3-15(12-20)13-4-8-23-9-5-13/h1-2,11,13,15H,3-10,12H2,(H,21,22). The maximum absolute atomic E-state index is 10.9. The summed E-state index contributed by atoms with van der Waals surface area (Å²) in [5.74, 6) is 1.15. The molecule has 2 aliphatic rings. The van der Waals surface area contributed by atoms with Crippen LogP contribution in [0.25, 0.3) is 0 Å². The Labute approximate surface area is 147 Å². The van der Waals surface area contributed by atoms with Crippen LogP contribution < -0.4 is 4.74 Å². The third kappa shape index (κ3) is 4.41. The van der Waals surface area contributed by atoms with E-state index < -0.39 is 5.97 Å². The first kappa shape index (κ1) is 17.5. The van der Waals surface area contributed by atoms with Crippen molar-refractivity contribution in [2.45, 2.75) is 19.3 Å². The van der Waals surface area contributed by atoms with Crippen molar-refractivity contribution in [2.24, 2.45) is 11.8 Å². The highest BCUT2D eigenvalue weighted by Crippen LogP contribution is 2.31. The lowest BCUT2D eigenvalue weighted by atomic mass is 9.85. The highest BCUT2D eigenvalue weighted by atomic mass is 35.5.